The molecule has 0 aromatic heterocycles. The number of carbonyl (C=O) groups is 2. The van der Waals surface area contributed by atoms with Gasteiger partial charge in [0.2, 0.25) is 12.0 Å². The number of hydrogen-bond donors (Lipinski definition) is 2. The third-order valence-electron chi connectivity index (χ3n) is 4.23. The van der Waals surface area contributed by atoms with Crippen LogP contribution in [0.1, 0.15) is 19.4 Å². The Bertz CT molecular complexity index is 821. The Labute approximate surface area is 156 Å². The molecule has 0 aliphatic carbocycles. The Morgan fingerprint density at radius 3 is 2.38 bits per heavy atom. The molecule has 26 heavy (non-hydrogen) atoms. The second-order valence-corrected chi connectivity index (χ2v) is 6.88. The summed E-state index contributed by atoms with van der Waals surface area (Å²) >= 11 is 5.88. The number of ether oxygens (including phenoxy) is 2. The van der Waals surface area contributed by atoms with E-state index in [1.165, 1.54) is 0 Å². The Morgan fingerprint density at radius 2 is 1.69 bits per heavy atom. The Balaban J connectivity index is 1.59. The quantitative estimate of drug-likeness (QED) is 0.810. The minimum Gasteiger partial charge on any atom is -0.485 e. The Morgan fingerprint density at radius 1 is 1.04 bits per heavy atom. The van der Waals surface area contributed by atoms with Crippen molar-refractivity contribution in [3.05, 3.63) is 59.1 Å². The van der Waals surface area contributed by atoms with E-state index in [9.17, 15) is 9.59 Å². The summed E-state index contributed by atoms with van der Waals surface area (Å²) in [6.07, 6.45) is -0.844. The lowest BCUT2D eigenvalue weighted by molar-refractivity contribution is -0.136. The molecular weight excluding hydrogens is 356 g/mol. The van der Waals surface area contributed by atoms with Gasteiger partial charge in [-0.25, -0.2) is 0 Å². The third kappa shape index (κ3) is 3.75. The van der Waals surface area contributed by atoms with Crippen molar-refractivity contribution in [1.82, 2.24) is 10.9 Å². The summed E-state index contributed by atoms with van der Waals surface area (Å²) in [5, 5.41) is 0.591. The van der Waals surface area contributed by atoms with E-state index in [2.05, 4.69) is 10.9 Å². The molecule has 1 heterocycles. The first kappa shape index (κ1) is 18.1. The van der Waals surface area contributed by atoms with Gasteiger partial charge in [0.1, 0.15) is 6.61 Å². The van der Waals surface area contributed by atoms with Gasteiger partial charge in [-0.1, -0.05) is 35.9 Å². The van der Waals surface area contributed by atoms with Crippen LogP contribution in [0.2, 0.25) is 5.02 Å². The predicted molar refractivity (Wildman–Crippen MR) is 97.1 cm³/mol. The lowest BCUT2D eigenvalue weighted by Crippen LogP contribution is -2.54. The normalized spacial score (nSPS) is 15.9. The zero-order valence-electron chi connectivity index (χ0n) is 14.4. The highest BCUT2D eigenvalue weighted by Crippen LogP contribution is 2.30. The van der Waals surface area contributed by atoms with Crippen LogP contribution in [0.3, 0.4) is 0 Å². The second kappa shape index (κ2) is 7.25. The van der Waals surface area contributed by atoms with E-state index < -0.39 is 17.4 Å². The van der Waals surface area contributed by atoms with E-state index in [-0.39, 0.29) is 12.5 Å². The molecule has 7 heteroatoms. The summed E-state index contributed by atoms with van der Waals surface area (Å²) in [4.78, 5) is 24.8. The minimum absolute atomic E-state index is 0.0687. The van der Waals surface area contributed by atoms with Gasteiger partial charge in [-0.15, -0.1) is 0 Å². The molecule has 0 spiro atoms. The van der Waals surface area contributed by atoms with Crippen LogP contribution in [0, 0.1) is 0 Å². The van der Waals surface area contributed by atoms with E-state index in [1.807, 2.05) is 6.07 Å². The maximum atomic E-state index is 12.5. The van der Waals surface area contributed by atoms with Crippen LogP contribution in [0.25, 0.3) is 0 Å². The molecule has 2 N–H and O–H groups in total. The van der Waals surface area contributed by atoms with Crippen LogP contribution in [-0.4, -0.2) is 24.5 Å². The van der Waals surface area contributed by atoms with Crippen molar-refractivity contribution < 1.29 is 19.1 Å². The summed E-state index contributed by atoms with van der Waals surface area (Å²) in [5.74, 6) is 0.237. The lowest BCUT2D eigenvalue weighted by atomic mass is 9.84. The average Bonchev–Trinajstić information content (AvgIpc) is 2.65. The molecule has 136 valence electrons. The number of carbonyl (C=O) groups excluding carboxylic acids is 2. The first-order valence-corrected chi connectivity index (χ1v) is 8.50. The van der Waals surface area contributed by atoms with E-state index >= 15 is 0 Å². The standard InChI is InChI=1S/C19H19ClN2O4/c1-19(2,12-7-9-13(20)10-8-12)18(24)22-21-17(23)16-11-25-14-5-3-4-6-15(14)26-16/h3-10,16H,11H2,1-2H3,(H,21,23)(H,22,24). The molecule has 3 rings (SSSR count). The van der Waals surface area contributed by atoms with Gasteiger partial charge in [-0.05, 0) is 43.7 Å². The number of nitrogens with one attached hydrogen (secondary N) is 2. The zero-order chi connectivity index (χ0) is 18.7. The topological polar surface area (TPSA) is 76.7 Å². The molecule has 1 aliphatic heterocycles. The van der Waals surface area contributed by atoms with Crippen molar-refractivity contribution >= 4 is 23.4 Å². The largest absolute Gasteiger partial charge is 0.485 e. The van der Waals surface area contributed by atoms with Gasteiger partial charge in [-0.3, -0.25) is 20.4 Å². The number of hydrazine groups is 1. The Hall–Kier alpha value is -2.73. The van der Waals surface area contributed by atoms with Crippen molar-refractivity contribution in [2.75, 3.05) is 6.61 Å². The van der Waals surface area contributed by atoms with Crippen molar-refractivity contribution in [1.29, 1.82) is 0 Å². The summed E-state index contributed by atoms with van der Waals surface area (Å²) in [5.41, 5.74) is 4.78. The minimum atomic E-state index is -0.853. The van der Waals surface area contributed by atoms with Crippen molar-refractivity contribution in [3.63, 3.8) is 0 Å². The highest BCUT2D eigenvalue weighted by Gasteiger charge is 2.32. The van der Waals surface area contributed by atoms with Gasteiger partial charge < -0.3 is 9.47 Å². The Kier molecular flexibility index (Phi) is 5.04. The molecule has 2 aromatic rings. The molecule has 6 nitrogen and oxygen atoms in total. The molecule has 1 atom stereocenters. The van der Waals surface area contributed by atoms with Crippen molar-refractivity contribution in [2.45, 2.75) is 25.4 Å². The smallest absolute Gasteiger partial charge is 0.283 e. The highest BCUT2D eigenvalue weighted by molar-refractivity contribution is 6.30. The van der Waals surface area contributed by atoms with E-state index in [1.54, 1.807) is 56.3 Å². The fourth-order valence-corrected chi connectivity index (χ4v) is 2.63. The number of halogens is 1. The predicted octanol–water partition coefficient (Wildman–Crippen LogP) is 2.60. The van der Waals surface area contributed by atoms with Gasteiger partial charge in [0.05, 0.1) is 5.41 Å². The molecule has 0 saturated heterocycles. The van der Waals surface area contributed by atoms with Crippen LogP contribution in [0.5, 0.6) is 11.5 Å². The number of benzene rings is 2. The summed E-state index contributed by atoms with van der Waals surface area (Å²) < 4.78 is 11.1. The van der Waals surface area contributed by atoms with Crippen LogP contribution in [0.15, 0.2) is 48.5 Å². The molecule has 2 aromatic carbocycles. The van der Waals surface area contributed by atoms with Gasteiger partial charge in [0.25, 0.3) is 5.91 Å². The SMILES string of the molecule is CC(C)(C(=O)NNC(=O)C1COc2ccccc2O1)c1ccc(Cl)cc1. The zero-order valence-corrected chi connectivity index (χ0v) is 15.2. The number of amides is 2. The van der Waals surface area contributed by atoms with Crippen molar-refractivity contribution in [3.8, 4) is 11.5 Å². The monoisotopic (exact) mass is 374 g/mol. The summed E-state index contributed by atoms with van der Waals surface area (Å²) in [7, 11) is 0. The second-order valence-electron chi connectivity index (χ2n) is 6.44. The number of hydrogen-bond acceptors (Lipinski definition) is 4. The van der Waals surface area contributed by atoms with Gasteiger partial charge in [-0.2, -0.15) is 0 Å². The van der Waals surface area contributed by atoms with Crippen LogP contribution in [-0.2, 0) is 15.0 Å². The molecule has 0 radical (unpaired) electrons. The van der Waals surface area contributed by atoms with Crippen LogP contribution in [0.4, 0.5) is 0 Å². The van der Waals surface area contributed by atoms with Gasteiger partial charge >= 0.3 is 0 Å². The molecular formula is C19H19ClN2O4. The molecule has 0 bridgehead atoms. The summed E-state index contributed by atoms with van der Waals surface area (Å²) in [6, 6.07) is 14.1. The fourth-order valence-electron chi connectivity index (χ4n) is 2.50. The fraction of sp³-hybridized carbons (Fsp3) is 0.263. The maximum absolute atomic E-state index is 12.5. The third-order valence-corrected chi connectivity index (χ3v) is 4.49. The number of para-hydroxylation sites is 2. The summed E-state index contributed by atoms with van der Waals surface area (Å²) in [6.45, 7) is 3.59. The first-order chi connectivity index (χ1) is 12.4. The van der Waals surface area contributed by atoms with Gasteiger partial charge in [0.15, 0.2) is 11.5 Å². The van der Waals surface area contributed by atoms with Crippen LogP contribution >= 0.6 is 11.6 Å². The van der Waals surface area contributed by atoms with Crippen molar-refractivity contribution in [2.24, 2.45) is 0 Å². The average molecular weight is 375 g/mol. The lowest BCUT2D eigenvalue weighted by Gasteiger charge is -2.27. The first-order valence-electron chi connectivity index (χ1n) is 8.13. The molecule has 1 aliphatic rings. The highest BCUT2D eigenvalue weighted by atomic mass is 35.5. The molecule has 2 amide bonds. The molecule has 0 saturated carbocycles. The van der Waals surface area contributed by atoms with E-state index in [4.69, 9.17) is 21.1 Å². The van der Waals surface area contributed by atoms with E-state index in [0.717, 1.165) is 5.56 Å². The van der Waals surface area contributed by atoms with E-state index in [0.29, 0.717) is 16.5 Å². The van der Waals surface area contributed by atoms with Crippen LogP contribution < -0.4 is 20.3 Å². The maximum Gasteiger partial charge on any atom is 0.283 e. The molecule has 1 unspecified atom stereocenters. The number of fused-ring (bicyclic) bond motifs is 1. The number of rotatable bonds is 3. The van der Waals surface area contributed by atoms with Gasteiger partial charge in [0, 0.05) is 5.02 Å². The molecule has 0 fully saturated rings.